The fraction of sp³-hybridized carbons (Fsp3) is 0.304. The third-order valence-corrected chi connectivity index (χ3v) is 5.60. The lowest BCUT2D eigenvalue weighted by Gasteiger charge is -2.37. The molecular weight excluding hydrogens is 380 g/mol. The molecule has 0 bridgehead atoms. The van der Waals surface area contributed by atoms with Crippen LogP contribution in [0, 0.1) is 0 Å². The molecule has 1 saturated heterocycles. The van der Waals surface area contributed by atoms with Crippen LogP contribution in [0.5, 0.6) is 5.75 Å². The molecule has 2 heterocycles. The number of methoxy groups -OCH3 is 1. The Hall–Kier alpha value is -3.48. The molecular formula is C23H26N4O3. The van der Waals surface area contributed by atoms with Gasteiger partial charge in [-0.3, -0.25) is 13.9 Å². The maximum atomic E-state index is 12.5. The van der Waals surface area contributed by atoms with Crippen LogP contribution in [0.25, 0.3) is 5.69 Å². The highest BCUT2D eigenvalue weighted by Crippen LogP contribution is 2.23. The number of ether oxygens (including phenoxy) is 1. The van der Waals surface area contributed by atoms with Gasteiger partial charge in [-0.2, -0.15) is 0 Å². The summed E-state index contributed by atoms with van der Waals surface area (Å²) in [5, 5.41) is 0. The Morgan fingerprint density at radius 3 is 1.77 bits per heavy atom. The third-order valence-electron chi connectivity index (χ3n) is 5.60. The van der Waals surface area contributed by atoms with E-state index in [1.807, 2.05) is 36.4 Å². The minimum Gasteiger partial charge on any atom is -0.497 e. The second kappa shape index (κ2) is 8.49. The van der Waals surface area contributed by atoms with Crippen LogP contribution in [-0.2, 0) is 6.54 Å². The third kappa shape index (κ3) is 3.83. The van der Waals surface area contributed by atoms with Gasteiger partial charge >= 0.3 is 5.69 Å². The van der Waals surface area contributed by atoms with Gasteiger partial charge < -0.3 is 14.5 Å². The Balaban J connectivity index is 1.45. The molecule has 1 fully saturated rings. The Kier molecular flexibility index (Phi) is 5.61. The Morgan fingerprint density at radius 2 is 1.27 bits per heavy atom. The number of piperazine rings is 1. The Labute approximate surface area is 175 Å². The highest BCUT2D eigenvalue weighted by Gasteiger charge is 2.18. The smallest absolute Gasteiger partial charge is 0.335 e. The van der Waals surface area contributed by atoms with Crippen molar-refractivity contribution < 1.29 is 4.74 Å². The van der Waals surface area contributed by atoms with Gasteiger partial charge in [-0.05, 0) is 55.5 Å². The maximum Gasteiger partial charge on any atom is 0.335 e. The summed E-state index contributed by atoms with van der Waals surface area (Å²) in [6.45, 7) is 5.87. The van der Waals surface area contributed by atoms with Crippen LogP contribution in [0.1, 0.15) is 6.92 Å². The van der Waals surface area contributed by atoms with Crippen molar-refractivity contribution in [3.63, 3.8) is 0 Å². The molecule has 156 valence electrons. The van der Waals surface area contributed by atoms with Gasteiger partial charge in [0.05, 0.1) is 12.8 Å². The molecule has 0 amide bonds. The molecule has 4 rings (SSSR count). The zero-order chi connectivity index (χ0) is 21.1. The fourth-order valence-corrected chi connectivity index (χ4v) is 3.84. The summed E-state index contributed by atoms with van der Waals surface area (Å²) in [4.78, 5) is 29.0. The van der Waals surface area contributed by atoms with Gasteiger partial charge in [0, 0.05) is 56.4 Å². The molecule has 0 atom stereocenters. The summed E-state index contributed by atoms with van der Waals surface area (Å²) in [5.41, 5.74) is 2.50. The summed E-state index contributed by atoms with van der Waals surface area (Å²) >= 11 is 0. The highest BCUT2D eigenvalue weighted by molar-refractivity contribution is 5.54. The number of rotatable bonds is 5. The number of hydrogen-bond acceptors (Lipinski definition) is 5. The summed E-state index contributed by atoms with van der Waals surface area (Å²) in [6, 6.07) is 17.5. The lowest BCUT2D eigenvalue weighted by molar-refractivity contribution is 0.415. The molecule has 0 saturated carbocycles. The van der Waals surface area contributed by atoms with E-state index in [2.05, 4.69) is 21.9 Å². The van der Waals surface area contributed by atoms with E-state index in [1.54, 1.807) is 20.2 Å². The molecule has 0 spiro atoms. The lowest BCUT2D eigenvalue weighted by atomic mass is 10.2. The number of anilines is 2. The molecule has 7 heteroatoms. The minimum absolute atomic E-state index is 0.273. The van der Waals surface area contributed by atoms with Crippen molar-refractivity contribution in [1.82, 2.24) is 9.13 Å². The summed E-state index contributed by atoms with van der Waals surface area (Å²) < 4.78 is 7.97. The van der Waals surface area contributed by atoms with E-state index in [0.29, 0.717) is 6.54 Å². The number of aromatic nitrogens is 2. The van der Waals surface area contributed by atoms with E-state index in [0.717, 1.165) is 43.3 Å². The Morgan fingerprint density at radius 1 is 0.767 bits per heavy atom. The van der Waals surface area contributed by atoms with E-state index in [1.165, 1.54) is 20.9 Å². The molecule has 0 radical (unpaired) electrons. The number of benzene rings is 2. The lowest BCUT2D eigenvalue weighted by Crippen LogP contribution is -2.46. The van der Waals surface area contributed by atoms with E-state index in [9.17, 15) is 9.59 Å². The predicted molar refractivity (Wildman–Crippen MR) is 119 cm³/mol. The van der Waals surface area contributed by atoms with E-state index >= 15 is 0 Å². The van der Waals surface area contributed by atoms with Crippen LogP contribution in [-0.4, -0.2) is 42.4 Å². The highest BCUT2D eigenvalue weighted by atomic mass is 16.5. The Bertz CT molecular complexity index is 1110. The second-order valence-electron chi connectivity index (χ2n) is 7.24. The molecule has 1 aliphatic rings. The molecule has 0 unspecified atom stereocenters. The van der Waals surface area contributed by atoms with Gasteiger partial charge in [0.1, 0.15) is 5.75 Å². The molecule has 0 N–H and O–H groups in total. The average Bonchev–Trinajstić information content (AvgIpc) is 2.80. The van der Waals surface area contributed by atoms with Gasteiger partial charge in [0.25, 0.3) is 5.56 Å². The largest absolute Gasteiger partial charge is 0.497 e. The van der Waals surface area contributed by atoms with Gasteiger partial charge in [0.15, 0.2) is 0 Å². The first-order valence-corrected chi connectivity index (χ1v) is 10.2. The monoisotopic (exact) mass is 406 g/mol. The second-order valence-corrected chi connectivity index (χ2v) is 7.24. The van der Waals surface area contributed by atoms with Crippen LogP contribution < -0.4 is 25.8 Å². The quantitative estimate of drug-likeness (QED) is 0.651. The molecule has 1 aromatic heterocycles. The molecule has 0 aliphatic carbocycles. The van der Waals surface area contributed by atoms with Crippen LogP contribution in [0.4, 0.5) is 11.4 Å². The van der Waals surface area contributed by atoms with Gasteiger partial charge in [-0.1, -0.05) is 0 Å². The van der Waals surface area contributed by atoms with Crippen molar-refractivity contribution in [3.05, 3.63) is 81.6 Å². The molecule has 30 heavy (non-hydrogen) atoms. The van der Waals surface area contributed by atoms with Crippen molar-refractivity contribution in [2.75, 3.05) is 43.1 Å². The number of nitrogens with zero attached hydrogens (tertiary/aromatic N) is 4. The van der Waals surface area contributed by atoms with Crippen LogP contribution in [0.3, 0.4) is 0 Å². The van der Waals surface area contributed by atoms with E-state index in [-0.39, 0.29) is 11.2 Å². The first-order valence-electron chi connectivity index (χ1n) is 10.2. The first-order chi connectivity index (χ1) is 14.6. The summed E-state index contributed by atoms with van der Waals surface area (Å²) in [6.07, 6.45) is 1.54. The normalized spacial score (nSPS) is 14.1. The molecule has 3 aromatic rings. The summed E-state index contributed by atoms with van der Waals surface area (Å²) in [7, 11) is 1.68. The number of hydrogen-bond donors (Lipinski definition) is 0. The van der Waals surface area contributed by atoms with Crippen LogP contribution in [0.2, 0.25) is 0 Å². The molecule has 7 nitrogen and oxygen atoms in total. The predicted octanol–water partition coefficient (Wildman–Crippen LogP) is 2.35. The van der Waals surface area contributed by atoms with Crippen molar-refractivity contribution in [3.8, 4) is 11.4 Å². The maximum absolute atomic E-state index is 12.5. The van der Waals surface area contributed by atoms with Crippen molar-refractivity contribution >= 4 is 11.4 Å². The van der Waals surface area contributed by atoms with E-state index in [4.69, 9.17) is 4.74 Å². The zero-order valence-corrected chi connectivity index (χ0v) is 17.3. The van der Waals surface area contributed by atoms with Gasteiger partial charge in [-0.25, -0.2) is 4.79 Å². The van der Waals surface area contributed by atoms with Gasteiger partial charge in [0.2, 0.25) is 0 Å². The first kappa shape index (κ1) is 19.8. The SMILES string of the molecule is CCn1c(=O)ccn(-c2ccc(N3CCN(c4ccc(OC)cc4)CC3)cc2)c1=O. The molecule has 1 aliphatic heterocycles. The van der Waals surface area contributed by atoms with Crippen molar-refractivity contribution in [2.45, 2.75) is 13.5 Å². The average molecular weight is 406 g/mol. The van der Waals surface area contributed by atoms with Crippen LogP contribution >= 0.6 is 0 Å². The molecule has 2 aromatic carbocycles. The standard InChI is InChI=1S/C23H26N4O3/c1-3-26-22(28)12-13-27(23(26)29)20-6-4-18(5-7-20)24-14-16-25(17-15-24)19-8-10-21(30-2)11-9-19/h4-13H,3,14-17H2,1-2H3. The van der Waals surface area contributed by atoms with Crippen molar-refractivity contribution in [2.24, 2.45) is 0 Å². The summed E-state index contributed by atoms with van der Waals surface area (Å²) in [5.74, 6) is 0.867. The fourth-order valence-electron chi connectivity index (χ4n) is 3.84. The minimum atomic E-state index is -0.314. The zero-order valence-electron chi connectivity index (χ0n) is 17.3. The topological polar surface area (TPSA) is 59.7 Å². The van der Waals surface area contributed by atoms with Gasteiger partial charge in [-0.15, -0.1) is 0 Å². The van der Waals surface area contributed by atoms with E-state index < -0.39 is 0 Å². The van der Waals surface area contributed by atoms with Crippen LogP contribution in [0.15, 0.2) is 70.4 Å². The van der Waals surface area contributed by atoms with Crippen molar-refractivity contribution in [1.29, 1.82) is 0 Å².